The van der Waals surface area contributed by atoms with Crippen LogP contribution in [0.15, 0.2) is 48.5 Å². The molecule has 5 heteroatoms. The molecule has 110 valence electrons. The summed E-state index contributed by atoms with van der Waals surface area (Å²) in [6, 6.07) is 15.3. The van der Waals surface area contributed by atoms with Crippen LogP contribution in [0.3, 0.4) is 0 Å². The summed E-state index contributed by atoms with van der Waals surface area (Å²) in [5, 5.41) is 6.68. The molecule has 2 N–H and O–H groups in total. The Morgan fingerprint density at radius 1 is 1.05 bits per heavy atom. The van der Waals surface area contributed by atoms with Crippen LogP contribution in [-0.4, -0.2) is 19.7 Å². The van der Waals surface area contributed by atoms with Gasteiger partial charge < -0.3 is 10.1 Å². The molecule has 21 heavy (non-hydrogen) atoms. The highest BCUT2D eigenvalue weighted by molar-refractivity contribution is 6.30. The molecule has 1 amide bonds. The van der Waals surface area contributed by atoms with Crippen LogP contribution in [0.5, 0.6) is 0 Å². The summed E-state index contributed by atoms with van der Waals surface area (Å²) in [5.41, 5.74) is 2.93. The van der Waals surface area contributed by atoms with Crippen molar-refractivity contribution < 1.29 is 9.53 Å². The zero-order valence-electron chi connectivity index (χ0n) is 11.7. The van der Waals surface area contributed by atoms with Gasteiger partial charge in [-0.1, -0.05) is 23.7 Å². The van der Waals surface area contributed by atoms with Crippen LogP contribution in [0.1, 0.15) is 5.56 Å². The number of rotatable bonds is 5. The molecule has 0 bridgehead atoms. The molecule has 0 unspecified atom stereocenters. The molecule has 2 aromatic rings. The van der Waals surface area contributed by atoms with E-state index in [0.29, 0.717) is 5.69 Å². The number of methoxy groups -OCH3 is 1. The SMILES string of the molecule is COC(=O)Nc1ccc(NCCc2ccc(Cl)cc2)cc1. The van der Waals surface area contributed by atoms with Crippen LogP contribution in [0.2, 0.25) is 5.02 Å². The van der Waals surface area contributed by atoms with Crippen molar-refractivity contribution >= 4 is 29.1 Å². The van der Waals surface area contributed by atoms with Crippen molar-refractivity contribution in [1.29, 1.82) is 0 Å². The van der Waals surface area contributed by atoms with E-state index in [1.165, 1.54) is 12.7 Å². The third kappa shape index (κ3) is 5.00. The highest BCUT2D eigenvalue weighted by atomic mass is 35.5. The van der Waals surface area contributed by atoms with Gasteiger partial charge in [0.25, 0.3) is 0 Å². The second-order valence-corrected chi connectivity index (χ2v) is 4.93. The van der Waals surface area contributed by atoms with Crippen molar-refractivity contribution in [3.05, 3.63) is 59.1 Å². The summed E-state index contributed by atoms with van der Waals surface area (Å²) in [5.74, 6) is 0. The van der Waals surface area contributed by atoms with Gasteiger partial charge >= 0.3 is 6.09 Å². The second kappa shape index (κ2) is 7.55. The van der Waals surface area contributed by atoms with Crippen molar-refractivity contribution in [2.24, 2.45) is 0 Å². The lowest BCUT2D eigenvalue weighted by Crippen LogP contribution is -2.11. The Bertz CT molecular complexity index is 582. The predicted molar refractivity (Wildman–Crippen MR) is 86.1 cm³/mol. The zero-order chi connectivity index (χ0) is 15.1. The van der Waals surface area contributed by atoms with E-state index in [1.807, 2.05) is 48.5 Å². The maximum absolute atomic E-state index is 11.1. The van der Waals surface area contributed by atoms with Gasteiger partial charge in [-0.05, 0) is 48.4 Å². The molecule has 4 nitrogen and oxygen atoms in total. The second-order valence-electron chi connectivity index (χ2n) is 4.50. The number of hydrogen-bond acceptors (Lipinski definition) is 3. The summed E-state index contributed by atoms with van der Waals surface area (Å²) < 4.78 is 4.53. The first-order valence-electron chi connectivity index (χ1n) is 6.61. The Labute approximate surface area is 129 Å². The average Bonchev–Trinajstić information content (AvgIpc) is 2.51. The van der Waals surface area contributed by atoms with Gasteiger partial charge in [-0.3, -0.25) is 5.32 Å². The summed E-state index contributed by atoms with van der Waals surface area (Å²) in [4.78, 5) is 11.1. The van der Waals surface area contributed by atoms with Gasteiger partial charge in [0.05, 0.1) is 7.11 Å². The third-order valence-corrected chi connectivity index (χ3v) is 3.22. The highest BCUT2D eigenvalue weighted by Crippen LogP contribution is 2.14. The number of hydrogen-bond donors (Lipinski definition) is 2. The minimum atomic E-state index is -0.474. The smallest absolute Gasteiger partial charge is 0.411 e. The minimum absolute atomic E-state index is 0.474. The van der Waals surface area contributed by atoms with Crippen LogP contribution >= 0.6 is 11.6 Å². The normalized spacial score (nSPS) is 10.0. The molecule has 0 aliphatic carbocycles. The van der Waals surface area contributed by atoms with Crippen molar-refractivity contribution in [2.75, 3.05) is 24.3 Å². The fourth-order valence-electron chi connectivity index (χ4n) is 1.84. The molecule has 0 radical (unpaired) electrons. The summed E-state index contributed by atoms with van der Waals surface area (Å²) in [7, 11) is 1.34. The van der Waals surface area contributed by atoms with E-state index in [9.17, 15) is 4.79 Å². The van der Waals surface area contributed by atoms with Gasteiger partial charge in [0.2, 0.25) is 0 Å². The van der Waals surface area contributed by atoms with E-state index in [-0.39, 0.29) is 0 Å². The van der Waals surface area contributed by atoms with E-state index in [4.69, 9.17) is 11.6 Å². The third-order valence-electron chi connectivity index (χ3n) is 2.97. The molecule has 2 aromatic carbocycles. The first kappa shape index (κ1) is 15.2. The largest absolute Gasteiger partial charge is 0.453 e. The molecule has 0 heterocycles. The highest BCUT2D eigenvalue weighted by Gasteiger charge is 2.00. The monoisotopic (exact) mass is 304 g/mol. The number of carbonyl (C=O) groups is 1. The first-order chi connectivity index (χ1) is 10.2. The van der Waals surface area contributed by atoms with E-state index < -0.39 is 6.09 Å². The number of anilines is 2. The molecular formula is C16H17ClN2O2. The molecule has 0 saturated heterocycles. The molecular weight excluding hydrogens is 288 g/mol. The van der Waals surface area contributed by atoms with Gasteiger partial charge in [0.1, 0.15) is 0 Å². The molecule has 0 fully saturated rings. The standard InChI is InChI=1S/C16H17ClN2O2/c1-21-16(20)19-15-8-6-14(7-9-15)18-11-10-12-2-4-13(17)5-3-12/h2-9,18H,10-11H2,1H3,(H,19,20). The lowest BCUT2D eigenvalue weighted by Gasteiger charge is -2.08. The minimum Gasteiger partial charge on any atom is -0.453 e. The fraction of sp³-hybridized carbons (Fsp3) is 0.188. The molecule has 0 saturated carbocycles. The van der Waals surface area contributed by atoms with Crippen molar-refractivity contribution in [1.82, 2.24) is 0 Å². The predicted octanol–water partition coefficient (Wildman–Crippen LogP) is 4.17. The molecule has 0 atom stereocenters. The molecule has 0 aliphatic heterocycles. The van der Waals surface area contributed by atoms with E-state index in [1.54, 1.807) is 0 Å². The number of halogens is 1. The lowest BCUT2D eigenvalue weighted by atomic mass is 10.1. The Morgan fingerprint density at radius 2 is 1.67 bits per heavy atom. The maximum atomic E-state index is 11.1. The topological polar surface area (TPSA) is 50.4 Å². The molecule has 2 rings (SSSR count). The van der Waals surface area contributed by atoms with Gasteiger partial charge in [-0.2, -0.15) is 0 Å². The lowest BCUT2D eigenvalue weighted by molar-refractivity contribution is 0.187. The van der Waals surface area contributed by atoms with Crippen LogP contribution in [-0.2, 0) is 11.2 Å². The number of nitrogens with one attached hydrogen (secondary N) is 2. The maximum Gasteiger partial charge on any atom is 0.411 e. The summed E-state index contributed by atoms with van der Waals surface area (Å²) in [6.07, 6.45) is 0.442. The van der Waals surface area contributed by atoms with Crippen molar-refractivity contribution in [3.63, 3.8) is 0 Å². The summed E-state index contributed by atoms with van der Waals surface area (Å²) >= 11 is 5.85. The van der Waals surface area contributed by atoms with E-state index in [2.05, 4.69) is 15.4 Å². The molecule has 0 aliphatic rings. The Kier molecular flexibility index (Phi) is 5.46. The van der Waals surface area contributed by atoms with Crippen molar-refractivity contribution in [2.45, 2.75) is 6.42 Å². The first-order valence-corrected chi connectivity index (χ1v) is 6.98. The Morgan fingerprint density at radius 3 is 2.29 bits per heavy atom. The number of carbonyl (C=O) groups excluding carboxylic acids is 1. The number of amides is 1. The summed E-state index contributed by atoms with van der Waals surface area (Å²) in [6.45, 7) is 0.825. The molecule has 0 spiro atoms. The molecule has 0 aromatic heterocycles. The zero-order valence-corrected chi connectivity index (χ0v) is 12.5. The van der Waals surface area contributed by atoms with Crippen molar-refractivity contribution in [3.8, 4) is 0 Å². The van der Waals surface area contributed by atoms with Crippen LogP contribution in [0, 0.1) is 0 Å². The van der Waals surface area contributed by atoms with E-state index >= 15 is 0 Å². The Balaban J connectivity index is 1.80. The van der Waals surface area contributed by atoms with Gasteiger partial charge in [0, 0.05) is 22.9 Å². The van der Waals surface area contributed by atoms with Crippen LogP contribution in [0.4, 0.5) is 16.2 Å². The van der Waals surface area contributed by atoms with Gasteiger partial charge in [-0.15, -0.1) is 0 Å². The fourth-order valence-corrected chi connectivity index (χ4v) is 1.97. The van der Waals surface area contributed by atoms with Gasteiger partial charge in [-0.25, -0.2) is 4.79 Å². The Hall–Kier alpha value is -2.20. The van der Waals surface area contributed by atoms with Crippen LogP contribution in [0.25, 0.3) is 0 Å². The number of benzene rings is 2. The number of ether oxygens (including phenoxy) is 1. The quantitative estimate of drug-likeness (QED) is 0.871. The average molecular weight is 305 g/mol. The van der Waals surface area contributed by atoms with Gasteiger partial charge in [0.15, 0.2) is 0 Å². The van der Waals surface area contributed by atoms with Crippen LogP contribution < -0.4 is 10.6 Å². The van der Waals surface area contributed by atoms with E-state index in [0.717, 1.165) is 23.7 Å².